The van der Waals surface area contributed by atoms with Crippen LogP contribution in [-0.4, -0.2) is 23.1 Å². The van der Waals surface area contributed by atoms with Crippen molar-refractivity contribution in [2.75, 3.05) is 4.72 Å². The fourth-order valence-electron chi connectivity index (χ4n) is 2.46. The molecule has 2 aromatic rings. The van der Waals surface area contributed by atoms with Crippen LogP contribution < -0.4 is 4.72 Å². The average Bonchev–Trinajstić information content (AvgIpc) is 2.76. The number of nitro groups is 1. The van der Waals surface area contributed by atoms with E-state index in [0.717, 1.165) is 18.2 Å². The van der Waals surface area contributed by atoms with Gasteiger partial charge in [-0.25, -0.2) is 8.42 Å². The number of aromatic nitrogens is 2. The zero-order valence-corrected chi connectivity index (χ0v) is 14.4. The van der Waals surface area contributed by atoms with Gasteiger partial charge < -0.3 is 0 Å². The van der Waals surface area contributed by atoms with Gasteiger partial charge in [-0.1, -0.05) is 0 Å². The molecule has 0 saturated carbocycles. The zero-order valence-electron chi connectivity index (χ0n) is 13.6. The van der Waals surface area contributed by atoms with Crippen molar-refractivity contribution in [2.24, 2.45) is 0 Å². The lowest BCUT2D eigenvalue weighted by atomic mass is 10.3. The monoisotopic (exact) mass is 356 g/mol. The van der Waals surface area contributed by atoms with E-state index < -0.39 is 26.5 Å². The van der Waals surface area contributed by atoms with Crippen LogP contribution in [0.1, 0.15) is 31.3 Å². The number of hydrogen-bond donors (Lipinski definition) is 1. The quantitative estimate of drug-likeness (QED) is 0.655. The molecule has 0 radical (unpaired) electrons. The van der Waals surface area contributed by atoms with Crippen molar-refractivity contribution in [2.45, 2.75) is 38.6 Å². The summed E-state index contributed by atoms with van der Waals surface area (Å²) < 4.78 is 42.4. The first kappa shape index (κ1) is 17.9. The lowest BCUT2D eigenvalue weighted by Crippen LogP contribution is -2.15. The van der Waals surface area contributed by atoms with E-state index in [1.54, 1.807) is 18.5 Å². The molecular formula is C14H17FN4O4S. The summed E-state index contributed by atoms with van der Waals surface area (Å²) in [5, 5.41) is 15.0. The molecule has 1 N–H and O–H groups in total. The number of halogens is 1. The SMILES string of the molecule is Cc1nn(C(C)C)c(C)c1S(=O)(=O)Nc1ccc(F)c([N+](=O)[O-])c1. The highest BCUT2D eigenvalue weighted by molar-refractivity contribution is 7.92. The van der Waals surface area contributed by atoms with Crippen molar-refractivity contribution in [3.63, 3.8) is 0 Å². The number of nitrogens with zero attached hydrogens (tertiary/aromatic N) is 3. The molecular weight excluding hydrogens is 339 g/mol. The molecule has 8 nitrogen and oxygen atoms in total. The number of rotatable bonds is 5. The Kier molecular flexibility index (Phi) is 4.61. The molecule has 0 bridgehead atoms. The van der Waals surface area contributed by atoms with Crippen molar-refractivity contribution in [3.8, 4) is 0 Å². The maximum atomic E-state index is 13.4. The second-order valence-corrected chi connectivity index (χ2v) is 7.19. The fraction of sp³-hybridized carbons (Fsp3) is 0.357. The van der Waals surface area contributed by atoms with Crippen molar-refractivity contribution >= 4 is 21.4 Å². The molecule has 0 atom stereocenters. The molecule has 0 aliphatic carbocycles. The molecule has 0 amide bonds. The van der Waals surface area contributed by atoms with Gasteiger partial charge in [0.15, 0.2) is 0 Å². The van der Waals surface area contributed by atoms with Crippen LogP contribution in [0, 0.1) is 29.8 Å². The van der Waals surface area contributed by atoms with Gasteiger partial charge in [-0.05, 0) is 39.8 Å². The minimum absolute atomic E-state index is 0.00294. The highest BCUT2D eigenvalue weighted by Gasteiger charge is 2.26. The highest BCUT2D eigenvalue weighted by Crippen LogP contribution is 2.27. The number of benzene rings is 1. The van der Waals surface area contributed by atoms with Gasteiger partial charge in [0, 0.05) is 12.1 Å². The molecule has 0 aliphatic rings. The molecule has 1 heterocycles. The Morgan fingerprint density at radius 2 is 1.96 bits per heavy atom. The second-order valence-electron chi connectivity index (χ2n) is 5.57. The van der Waals surface area contributed by atoms with E-state index in [1.807, 2.05) is 13.8 Å². The van der Waals surface area contributed by atoms with E-state index in [9.17, 15) is 22.9 Å². The lowest BCUT2D eigenvalue weighted by molar-refractivity contribution is -0.387. The molecule has 0 unspecified atom stereocenters. The van der Waals surface area contributed by atoms with Crippen LogP contribution >= 0.6 is 0 Å². The number of nitrogens with one attached hydrogen (secondary N) is 1. The normalized spacial score (nSPS) is 11.8. The van der Waals surface area contributed by atoms with E-state index in [1.165, 1.54) is 0 Å². The summed E-state index contributed by atoms with van der Waals surface area (Å²) in [6.07, 6.45) is 0. The van der Waals surface area contributed by atoms with Crippen LogP contribution in [0.4, 0.5) is 15.8 Å². The molecule has 1 aromatic heterocycles. The van der Waals surface area contributed by atoms with Gasteiger partial charge in [0.25, 0.3) is 10.0 Å². The Labute approximate surface area is 138 Å². The largest absolute Gasteiger partial charge is 0.306 e. The molecule has 130 valence electrons. The summed E-state index contributed by atoms with van der Waals surface area (Å²) >= 11 is 0. The molecule has 2 rings (SSSR count). The van der Waals surface area contributed by atoms with E-state index in [2.05, 4.69) is 9.82 Å². The maximum Gasteiger partial charge on any atom is 0.306 e. The van der Waals surface area contributed by atoms with Crippen molar-refractivity contribution < 1.29 is 17.7 Å². The average molecular weight is 356 g/mol. The van der Waals surface area contributed by atoms with Crippen molar-refractivity contribution in [3.05, 3.63) is 45.5 Å². The second kappa shape index (κ2) is 6.19. The summed E-state index contributed by atoms with van der Waals surface area (Å²) in [5.41, 5.74) is -0.141. The van der Waals surface area contributed by atoms with Crippen LogP contribution in [0.2, 0.25) is 0 Å². The molecule has 1 aromatic carbocycles. The van der Waals surface area contributed by atoms with E-state index in [0.29, 0.717) is 11.4 Å². The smallest absolute Gasteiger partial charge is 0.279 e. The number of hydrogen-bond acceptors (Lipinski definition) is 5. The third kappa shape index (κ3) is 3.23. The molecule has 0 saturated heterocycles. The summed E-state index contributed by atoms with van der Waals surface area (Å²) in [6.45, 7) is 6.93. The summed E-state index contributed by atoms with van der Waals surface area (Å²) in [5.74, 6) is -1.04. The van der Waals surface area contributed by atoms with Crippen LogP contribution in [0.15, 0.2) is 23.1 Å². The van der Waals surface area contributed by atoms with Gasteiger partial charge in [0.2, 0.25) is 5.82 Å². The van der Waals surface area contributed by atoms with Gasteiger partial charge in [0.05, 0.1) is 22.0 Å². The summed E-state index contributed by atoms with van der Waals surface area (Å²) in [7, 11) is -4.02. The Morgan fingerprint density at radius 1 is 1.33 bits per heavy atom. The summed E-state index contributed by atoms with van der Waals surface area (Å²) in [4.78, 5) is 9.86. The third-order valence-corrected chi connectivity index (χ3v) is 5.04. The van der Waals surface area contributed by atoms with Crippen LogP contribution in [-0.2, 0) is 10.0 Å². The topological polar surface area (TPSA) is 107 Å². The fourth-order valence-corrected chi connectivity index (χ4v) is 3.91. The number of sulfonamides is 1. The molecule has 0 aliphatic heterocycles. The Bertz CT molecular complexity index is 906. The third-order valence-electron chi connectivity index (χ3n) is 3.41. The molecule has 24 heavy (non-hydrogen) atoms. The minimum atomic E-state index is -4.02. The van der Waals surface area contributed by atoms with E-state index in [4.69, 9.17) is 0 Å². The minimum Gasteiger partial charge on any atom is -0.279 e. The van der Waals surface area contributed by atoms with E-state index >= 15 is 0 Å². The van der Waals surface area contributed by atoms with Crippen LogP contribution in [0.5, 0.6) is 0 Å². The zero-order chi connectivity index (χ0) is 18.2. The number of anilines is 1. The van der Waals surface area contributed by atoms with Gasteiger partial charge in [-0.15, -0.1) is 0 Å². The standard InChI is InChI=1S/C14H17FN4O4S/c1-8(2)18-10(4)14(9(3)16-18)24(22,23)17-11-5-6-12(15)13(7-11)19(20)21/h5-8,17H,1-4H3. The number of nitro benzene ring substituents is 1. The van der Waals surface area contributed by atoms with Gasteiger partial charge >= 0.3 is 5.69 Å². The van der Waals surface area contributed by atoms with Crippen LogP contribution in [0.25, 0.3) is 0 Å². The first-order valence-corrected chi connectivity index (χ1v) is 8.55. The maximum absolute atomic E-state index is 13.4. The highest BCUT2D eigenvalue weighted by atomic mass is 32.2. The van der Waals surface area contributed by atoms with Crippen molar-refractivity contribution in [1.82, 2.24) is 9.78 Å². The Hall–Kier alpha value is -2.49. The molecule has 0 spiro atoms. The summed E-state index contributed by atoms with van der Waals surface area (Å²) in [6, 6.07) is 2.77. The first-order chi connectivity index (χ1) is 11.0. The number of aryl methyl sites for hydroxylation is 1. The molecule has 0 fully saturated rings. The Morgan fingerprint density at radius 3 is 2.46 bits per heavy atom. The Balaban J connectivity index is 2.47. The molecule has 10 heteroatoms. The van der Waals surface area contributed by atoms with Gasteiger partial charge in [-0.2, -0.15) is 9.49 Å². The van der Waals surface area contributed by atoms with E-state index in [-0.39, 0.29) is 16.6 Å². The van der Waals surface area contributed by atoms with Gasteiger partial charge in [-0.3, -0.25) is 19.5 Å². The van der Waals surface area contributed by atoms with Crippen LogP contribution in [0.3, 0.4) is 0 Å². The van der Waals surface area contributed by atoms with Gasteiger partial charge in [0.1, 0.15) is 4.90 Å². The lowest BCUT2D eigenvalue weighted by Gasteiger charge is -2.10. The predicted molar refractivity (Wildman–Crippen MR) is 85.9 cm³/mol. The van der Waals surface area contributed by atoms with Crippen molar-refractivity contribution in [1.29, 1.82) is 0 Å². The first-order valence-electron chi connectivity index (χ1n) is 7.07. The predicted octanol–water partition coefficient (Wildman–Crippen LogP) is 2.93.